The van der Waals surface area contributed by atoms with Gasteiger partial charge in [0.15, 0.2) is 0 Å². The molecule has 5 heteroatoms. The van der Waals surface area contributed by atoms with Crippen molar-refractivity contribution in [1.82, 2.24) is 4.98 Å². The Morgan fingerprint density at radius 1 is 1.30 bits per heavy atom. The monoisotopic (exact) mass is 335 g/mol. The minimum atomic E-state index is 0.476. The second kappa shape index (κ2) is 6.61. The van der Waals surface area contributed by atoms with Crippen LogP contribution in [-0.4, -0.2) is 11.6 Å². The molecule has 0 aliphatic rings. The summed E-state index contributed by atoms with van der Waals surface area (Å²) in [6.45, 7) is 4.70. The second-order valence-electron chi connectivity index (χ2n) is 4.58. The summed E-state index contributed by atoms with van der Waals surface area (Å²) in [7, 11) is 0. The molecular formula is C15H18BrN3O. The van der Waals surface area contributed by atoms with Crippen LogP contribution >= 0.6 is 15.9 Å². The Balaban J connectivity index is 2.20. The van der Waals surface area contributed by atoms with Crippen LogP contribution in [-0.2, 0) is 0 Å². The fraction of sp³-hybridized carbons (Fsp3) is 0.267. The molecule has 0 amide bonds. The number of nitrogens with two attached hydrogens (primary N) is 1. The molecule has 3 N–H and O–H groups in total. The molecule has 0 fully saturated rings. The molecule has 0 radical (unpaired) electrons. The van der Waals surface area contributed by atoms with Crippen molar-refractivity contribution in [1.29, 1.82) is 0 Å². The lowest BCUT2D eigenvalue weighted by Gasteiger charge is -2.11. The van der Waals surface area contributed by atoms with Gasteiger partial charge in [0.25, 0.3) is 0 Å². The standard InChI is InChI=1S/C15H18BrN3O/c1-3-6-20-15-13(17)4-5-14(19-15)18-12-8-10(2)7-11(16)9-12/h4-5,7-9H,3,6,17H2,1-2H3,(H,18,19). The van der Waals surface area contributed by atoms with Crippen molar-refractivity contribution in [3.05, 3.63) is 40.4 Å². The quantitative estimate of drug-likeness (QED) is 0.856. The molecule has 0 saturated heterocycles. The Bertz CT molecular complexity index is 581. The van der Waals surface area contributed by atoms with E-state index in [0.717, 1.165) is 16.6 Å². The highest BCUT2D eigenvalue weighted by molar-refractivity contribution is 9.10. The van der Waals surface area contributed by atoms with Gasteiger partial charge in [0.05, 0.1) is 12.3 Å². The highest BCUT2D eigenvalue weighted by Gasteiger charge is 2.05. The van der Waals surface area contributed by atoms with Crippen molar-refractivity contribution in [2.24, 2.45) is 0 Å². The SMILES string of the molecule is CCCOc1nc(Nc2cc(C)cc(Br)c2)ccc1N. The molecule has 1 heterocycles. The smallest absolute Gasteiger partial charge is 0.239 e. The summed E-state index contributed by atoms with van der Waals surface area (Å²) in [6.07, 6.45) is 0.920. The van der Waals surface area contributed by atoms with Gasteiger partial charge < -0.3 is 15.8 Å². The van der Waals surface area contributed by atoms with Crippen molar-refractivity contribution in [2.45, 2.75) is 20.3 Å². The molecule has 1 aromatic carbocycles. The number of aryl methyl sites for hydroxylation is 1. The third kappa shape index (κ3) is 3.87. The molecule has 2 aromatic rings. The van der Waals surface area contributed by atoms with Crippen LogP contribution < -0.4 is 15.8 Å². The molecule has 106 valence electrons. The zero-order valence-corrected chi connectivity index (χ0v) is 13.2. The van der Waals surface area contributed by atoms with Crippen molar-refractivity contribution in [2.75, 3.05) is 17.7 Å². The maximum atomic E-state index is 5.85. The molecule has 0 aliphatic carbocycles. The van der Waals surface area contributed by atoms with Crippen LogP contribution in [0.1, 0.15) is 18.9 Å². The van der Waals surface area contributed by atoms with Gasteiger partial charge in [-0.3, -0.25) is 0 Å². The zero-order chi connectivity index (χ0) is 14.5. The van der Waals surface area contributed by atoms with E-state index in [9.17, 15) is 0 Å². The summed E-state index contributed by atoms with van der Waals surface area (Å²) >= 11 is 3.48. The van der Waals surface area contributed by atoms with Gasteiger partial charge in [-0.1, -0.05) is 22.9 Å². The van der Waals surface area contributed by atoms with E-state index in [1.54, 1.807) is 6.07 Å². The first-order chi connectivity index (χ1) is 9.58. The number of nitrogen functional groups attached to an aromatic ring is 1. The molecule has 0 aliphatic heterocycles. The van der Waals surface area contributed by atoms with E-state index in [4.69, 9.17) is 10.5 Å². The van der Waals surface area contributed by atoms with Gasteiger partial charge in [-0.15, -0.1) is 0 Å². The van der Waals surface area contributed by atoms with E-state index in [1.807, 2.05) is 26.0 Å². The lowest BCUT2D eigenvalue weighted by atomic mass is 10.2. The fourth-order valence-electron chi connectivity index (χ4n) is 1.79. The predicted octanol–water partition coefficient (Wildman–Crippen LogP) is 4.27. The van der Waals surface area contributed by atoms with Gasteiger partial charge in [0.1, 0.15) is 5.82 Å². The number of rotatable bonds is 5. The number of nitrogens with one attached hydrogen (secondary N) is 1. The number of hydrogen-bond acceptors (Lipinski definition) is 4. The number of pyridine rings is 1. The number of benzene rings is 1. The van der Waals surface area contributed by atoms with Crippen molar-refractivity contribution in [3.63, 3.8) is 0 Å². The summed E-state index contributed by atoms with van der Waals surface area (Å²) in [6, 6.07) is 9.74. The maximum absolute atomic E-state index is 5.85. The van der Waals surface area contributed by atoms with Crippen molar-refractivity contribution in [3.8, 4) is 5.88 Å². The van der Waals surface area contributed by atoms with Crippen LogP contribution in [0, 0.1) is 6.92 Å². The number of halogens is 1. The number of ether oxygens (including phenoxy) is 1. The minimum absolute atomic E-state index is 0.476. The molecule has 4 nitrogen and oxygen atoms in total. The Morgan fingerprint density at radius 2 is 2.10 bits per heavy atom. The van der Waals surface area contributed by atoms with Gasteiger partial charge in [-0.25, -0.2) is 0 Å². The van der Waals surface area contributed by atoms with Gasteiger partial charge in [-0.05, 0) is 49.2 Å². The third-order valence-corrected chi connectivity index (χ3v) is 3.10. The Labute approximate surface area is 127 Å². The van der Waals surface area contributed by atoms with E-state index in [1.165, 1.54) is 5.56 Å². The van der Waals surface area contributed by atoms with Gasteiger partial charge in [-0.2, -0.15) is 4.98 Å². The van der Waals surface area contributed by atoms with E-state index >= 15 is 0 Å². The molecule has 1 aromatic heterocycles. The normalized spacial score (nSPS) is 10.3. The Morgan fingerprint density at radius 3 is 2.80 bits per heavy atom. The topological polar surface area (TPSA) is 60.2 Å². The van der Waals surface area contributed by atoms with Crippen molar-refractivity contribution < 1.29 is 4.74 Å². The molecule has 0 saturated carbocycles. The number of nitrogens with zero attached hydrogens (tertiary/aromatic N) is 1. The van der Waals surface area contributed by atoms with Gasteiger partial charge in [0.2, 0.25) is 5.88 Å². The van der Waals surface area contributed by atoms with Crippen LogP contribution in [0.15, 0.2) is 34.8 Å². The molecule has 0 atom stereocenters. The van der Waals surface area contributed by atoms with Crippen LogP contribution in [0.4, 0.5) is 17.2 Å². The molecule has 20 heavy (non-hydrogen) atoms. The van der Waals surface area contributed by atoms with Crippen LogP contribution in [0.2, 0.25) is 0 Å². The Hall–Kier alpha value is -1.75. The lowest BCUT2D eigenvalue weighted by Crippen LogP contribution is -2.03. The lowest BCUT2D eigenvalue weighted by molar-refractivity contribution is 0.307. The Kier molecular flexibility index (Phi) is 4.84. The average Bonchev–Trinajstić information content (AvgIpc) is 2.38. The second-order valence-corrected chi connectivity index (χ2v) is 5.50. The molecule has 0 unspecified atom stereocenters. The van der Waals surface area contributed by atoms with Crippen LogP contribution in [0.3, 0.4) is 0 Å². The van der Waals surface area contributed by atoms with E-state index in [0.29, 0.717) is 24.0 Å². The predicted molar refractivity (Wildman–Crippen MR) is 86.6 cm³/mol. The van der Waals surface area contributed by atoms with E-state index in [2.05, 4.69) is 38.4 Å². The summed E-state index contributed by atoms with van der Waals surface area (Å²) < 4.78 is 6.55. The van der Waals surface area contributed by atoms with Gasteiger partial charge >= 0.3 is 0 Å². The van der Waals surface area contributed by atoms with Crippen LogP contribution in [0.5, 0.6) is 5.88 Å². The van der Waals surface area contributed by atoms with Crippen molar-refractivity contribution >= 4 is 33.1 Å². The largest absolute Gasteiger partial charge is 0.476 e. The molecule has 2 rings (SSSR count). The first-order valence-corrected chi connectivity index (χ1v) is 7.31. The number of aromatic nitrogens is 1. The van der Waals surface area contributed by atoms with E-state index in [-0.39, 0.29) is 0 Å². The molecule has 0 spiro atoms. The minimum Gasteiger partial charge on any atom is -0.476 e. The maximum Gasteiger partial charge on any atom is 0.239 e. The third-order valence-electron chi connectivity index (χ3n) is 2.65. The van der Waals surface area contributed by atoms with Gasteiger partial charge in [0, 0.05) is 10.2 Å². The molecule has 0 bridgehead atoms. The average molecular weight is 336 g/mol. The zero-order valence-electron chi connectivity index (χ0n) is 11.6. The van der Waals surface area contributed by atoms with Crippen LogP contribution in [0.25, 0.3) is 0 Å². The molecular weight excluding hydrogens is 318 g/mol. The summed E-state index contributed by atoms with van der Waals surface area (Å²) in [4.78, 5) is 4.39. The number of hydrogen-bond donors (Lipinski definition) is 2. The first kappa shape index (κ1) is 14.7. The van der Waals surface area contributed by atoms with E-state index < -0.39 is 0 Å². The highest BCUT2D eigenvalue weighted by Crippen LogP contribution is 2.25. The summed E-state index contributed by atoms with van der Waals surface area (Å²) in [5.41, 5.74) is 8.53. The summed E-state index contributed by atoms with van der Waals surface area (Å²) in [5, 5.41) is 3.25. The highest BCUT2D eigenvalue weighted by atomic mass is 79.9. The fourth-order valence-corrected chi connectivity index (χ4v) is 2.40. The summed E-state index contributed by atoms with van der Waals surface area (Å²) in [5.74, 6) is 1.19. The number of anilines is 3. The first-order valence-electron chi connectivity index (χ1n) is 6.52.